The molecule has 158 valence electrons. The fraction of sp³-hybridized carbons (Fsp3) is 0.429. The molecule has 2 N–H and O–H groups in total. The van der Waals surface area contributed by atoms with Gasteiger partial charge in [-0.1, -0.05) is 0 Å². The van der Waals surface area contributed by atoms with Gasteiger partial charge in [0, 0.05) is 25.7 Å². The van der Waals surface area contributed by atoms with Gasteiger partial charge in [-0.15, -0.1) is 0 Å². The van der Waals surface area contributed by atoms with E-state index >= 15 is 0 Å². The van der Waals surface area contributed by atoms with Crippen LogP contribution in [0.3, 0.4) is 0 Å². The van der Waals surface area contributed by atoms with Gasteiger partial charge in [-0.3, -0.25) is 9.48 Å². The minimum Gasteiger partial charge on any atom is -0.497 e. The number of hydrogen-bond donors (Lipinski definition) is 1. The van der Waals surface area contributed by atoms with E-state index in [0.717, 1.165) is 30.7 Å². The van der Waals surface area contributed by atoms with Crippen LogP contribution < -0.4 is 15.4 Å². The molecular weight excluding hydrogens is 384 g/mol. The molecule has 0 amide bonds. The third-order valence-electron chi connectivity index (χ3n) is 5.42. The molecule has 0 aliphatic carbocycles. The number of nitrogen functional groups attached to an aromatic ring is 1. The number of anilines is 2. The van der Waals surface area contributed by atoms with Gasteiger partial charge in [-0.05, 0) is 44.0 Å². The average Bonchev–Trinajstić information content (AvgIpc) is 3.07. The van der Waals surface area contributed by atoms with Crippen LogP contribution in [-0.4, -0.2) is 52.5 Å². The number of ether oxygens (including phenoxy) is 2. The van der Waals surface area contributed by atoms with Crippen molar-refractivity contribution in [2.24, 2.45) is 13.0 Å². The van der Waals surface area contributed by atoms with Crippen molar-refractivity contribution < 1.29 is 14.3 Å². The lowest BCUT2D eigenvalue weighted by molar-refractivity contribution is -0.148. The second kappa shape index (κ2) is 8.17. The Bertz CT molecular complexity index is 1060. The van der Waals surface area contributed by atoms with Crippen LogP contribution in [0, 0.1) is 5.92 Å². The van der Waals surface area contributed by atoms with E-state index in [1.165, 1.54) is 0 Å². The van der Waals surface area contributed by atoms with Gasteiger partial charge in [0.15, 0.2) is 5.65 Å². The van der Waals surface area contributed by atoms with Crippen molar-refractivity contribution >= 4 is 28.8 Å². The molecule has 0 radical (unpaired) electrons. The Hall–Kier alpha value is -3.36. The standard InChI is InChI=1S/C21H26N6O3/c1-4-30-20(28)14-6-5-11-27(12-14)21-23-17(13-7-9-15(29-3)10-8-13)16-18(22)26(2)25-19(16)24-21/h7-10,14H,4-6,11-12,22H2,1-3H3. The van der Waals surface area contributed by atoms with Crippen LogP contribution in [-0.2, 0) is 16.6 Å². The van der Waals surface area contributed by atoms with Gasteiger partial charge in [0.25, 0.3) is 0 Å². The molecule has 9 nitrogen and oxygen atoms in total. The first-order chi connectivity index (χ1) is 14.5. The number of carbonyl (C=O) groups excluding carboxylic acids is 1. The highest BCUT2D eigenvalue weighted by molar-refractivity contribution is 5.99. The van der Waals surface area contributed by atoms with Gasteiger partial charge >= 0.3 is 5.97 Å². The summed E-state index contributed by atoms with van der Waals surface area (Å²) in [7, 11) is 3.41. The van der Waals surface area contributed by atoms with E-state index in [1.54, 1.807) is 18.8 Å². The van der Waals surface area contributed by atoms with Crippen molar-refractivity contribution in [2.45, 2.75) is 19.8 Å². The van der Waals surface area contributed by atoms with Gasteiger partial charge in [0.2, 0.25) is 5.95 Å². The van der Waals surface area contributed by atoms with Gasteiger partial charge < -0.3 is 20.1 Å². The first-order valence-corrected chi connectivity index (χ1v) is 10.1. The Labute approximate surface area is 174 Å². The van der Waals surface area contributed by atoms with Crippen LogP contribution in [0.2, 0.25) is 0 Å². The number of esters is 1. The third kappa shape index (κ3) is 3.62. The second-order valence-electron chi connectivity index (χ2n) is 7.35. The van der Waals surface area contributed by atoms with Crippen molar-refractivity contribution in [3.8, 4) is 17.0 Å². The monoisotopic (exact) mass is 410 g/mol. The molecule has 9 heteroatoms. The molecule has 1 atom stereocenters. The molecule has 30 heavy (non-hydrogen) atoms. The Morgan fingerprint density at radius 2 is 2.03 bits per heavy atom. The predicted octanol–water partition coefficient (Wildman–Crippen LogP) is 2.40. The molecule has 1 fully saturated rings. The maximum Gasteiger partial charge on any atom is 0.310 e. The van der Waals surface area contributed by atoms with Crippen molar-refractivity contribution in [3.05, 3.63) is 24.3 Å². The number of fused-ring (bicyclic) bond motifs is 1. The average molecular weight is 410 g/mol. The normalized spacial score (nSPS) is 16.6. The SMILES string of the molecule is CCOC(=O)C1CCCN(c2nc(-c3ccc(OC)cc3)c3c(N)n(C)nc3n2)C1. The van der Waals surface area contributed by atoms with Gasteiger partial charge in [-0.2, -0.15) is 10.1 Å². The maximum absolute atomic E-state index is 12.3. The summed E-state index contributed by atoms with van der Waals surface area (Å²) in [6, 6.07) is 7.64. The van der Waals surface area contributed by atoms with Crippen LogP contribution >= 0.6 is 0 Å². The largest absolute Gasteiger partial charge is 0.497 e. The Kier molecular flexibility index (Phi) is 5.43. The quantitative estimate of drug-likeness (QED) is 0.639. The van der Waals surface area contributed by atoms with Crippen molar-refractivity contribution in [1.82, 2.24) is 19.7 Å². The first kappa shape index (κ1) is 19.9. The minimum atomic E-state index is -0.184. The summed E-state index contributed by atoms with van der Waals surface area (Å²) in [5.74, 6) is 1.46. The zero-order valence-electron chi connectivity index (χ0n) is 17.5. The highest BCUT2D eigenvalue weighted by atomic mass is 16.5. The maximum atomic E-state index is 12.3. The zero-order chi connectivity index (χ0) is 21.3. The molecule has 4 rings (SSSR count). The number of piperidine rings is 1. The smallest absolute Gasteiger partial charge is 0.310 e. The summed E-state index contributed by atoms with van der Waals surface area (Å²) in [6.07, 6.45) is 1.67. The number of nitrogens with zero attached hydrogens (tertiary/aromatic N) is 5. The molecule has 2 aromatic heterocycles. The number of aromatic nitrogens is 4. The van der Waals surface area contributed by atoms with Crippen molar-refractivity contribution in [3.63, 3.8) is 0 Å². The molecule has 1 aromatic carbocycles. The first-order valence-electron chi connectivity index (χ1n) is 10.1. The van der Waals surface area contributed by atoms with Gasteiger partial charge in [-0.25, -0.2) is 4.98 Å². The van der Waals surface area contributed by atoms with Gasteiger partial charge in [0.05, 0.1) is 30.7 Å². The van der Waals surface area contributed by atoms with Crippen molar-refractivity contribution in [2.75, 3.05) is 37.4 Å². The van der Waals surface area contributed by atoms with E-state index in [4.69, 9.17) is 20.2 Å². The second-order valence-corrected chi connectivity index (χ2v) is 7.35. The van der Waals surface area contributed by atoms with Crippen LogP contribution in [0.25, 0.3) is 22.3 Å². The highest BCUT2D eigenvalue weighted by Gasteiger charge is 2.29. The van der Waals surface area contributed by atoms with E-state index in [0.29, 0.717) is 41.6 Å². The number of methoxy groups -OCH3 is 1. The fourth-order valence-corrected chi connectivity index (χ4v) is 3.81. The molecule has 0 spiro atoms. The van der Waals surface area contributed by atoms with Gasteiger partial charge in [0.1, 0.15) is 11.6 Å². The molecule has 0 saturated carbocycles. The number of benzene rings is 1. The molecule has 3 aromatic rings. The summed E-state index contributed by atoms with van der Waals surface area (Å²) < 4.78 is 12.1. The summed E-state index contributed by atoms with van der Waals surface area (Å²) in [5.41, 5.74) is 8.41. The zero-order valence-corrected chi connectivity index (χ0v) is 17.5. The number of rotatable bonds is 5. The molecule has 0 bridgehead atoms. The summed E-state index contributed by atoms with van der Waals surface area (Å²) >= 11 is 0. The molecule has 1 aliphatic heterocycles. The molecule has 1 aliphatic rings. The summed E-state index contributed by atoms with van der Waals surface area (Å²) in [4.78, 5) is 23.8. The third-order valence-corrected chi connectivity index (χ3v) is 5.42. The molecular formula is C21H26N6O3. The topological polar surface area (TPSA) is 108 Å². The van der Waals surface area contributed by atoms with Crippen LogP contribution in [0.15, 0.2) is 24.3 Å². The number of nitrogens with two attached hydrogens (primary N) is 1. The molecule has 1 unspecified atom stereocenters. The van der Waals surface area contributed by atoms with E-state index in [2.05, 4.69) is 10.1 Å². The lowest BCUT2D eigenvalue weighted by atomic mass is 9.98. The lowest BCUT2D eigenvalue weighted by Gasteiger charge is -2.31. The van der Waals surface area contributed by atoms with Crippen LogP contribution in [0.4, 0.5) is 11.8 Å². The lowest BCUT2D eigenvalue weighted by Crippen LogP contribution is -2.40. The van der Waals surface area contributed by atoms with E-state index in [-0.39, 0.29) is 11.9 Å². The number of carbonyl (C=O) groups is 1. The molecule has 1 saturated heterocycles. The van der Waals surface area contributed by atoms with Crippen LogP contribution in [0.5, 0.6) is 5.75 Å². The summed E-state index contributed by atoms with van der Waals surface area (Å²) in [5, 5.41) is 5.18. The Balaban J connectivity index is 1.76. The number of aryl methyl sites for hydroxylation is 1. The minimum absolute atomic E-state index is 0.166. The Morgan fingerprint density at radius 3 is 2.73 bits per heavy atom. The van der Waals surface area contributed by atoms with E-state index < -0.39 is 0 Å². The number of hydrogen-bond acceptors (Lipinski definition) is 8. The van der Waals surface area contributed by atoms with Crippen molar-refractivity contribution in [1.29, 1.82) is 0 Å². The highest BCUT2D eigenvalue weighted by Crippen LogP contribution is 2.33. The van der Waals surface area contributed by atoms with Crippen LogP contribution in [0.1, 0.15) is 19.8 Å². The summed E-state index contributed by atoms with van der Waals surface area (Å²) in [6.45, 7) is 3.50. The predicted molar refractivity (Wildman–Crippen MR) is 114 cm³/mol. The van der Waals surface area contributed by atoms with E-state index in [1.807, 2.05) is 36.1 Å². The Morgan fingerprint density at radius 1 is 1.27 bits per heavy atom. The van der Waals surface area contributed by atoms with E-state index in [9.17, 15) is 4.79 Å². The fourth-order valence-electron chi connectivity index (χ4n) is 3.81. The molecule has 3 heterocycles.